The van der Waals surface area contributed by atoms with E-state index < -0.39 is 11.1 Å². The van der Waals surface area contributed by atoms with Gasteiger partial charge in [0.1, 0.15) is 10.1 Å². The summed E-state index contributed by atoms with van der Waals surface area (Å²) in [7, 11) is 0. The van der Waals surface area contributed by atoms with Gasteiger partial charge >= 0.3 is 0 Å². The van der Waals surface area contributed by atoms with Crippen LogP contribution < -0.4 is 0 Å². The maximum atomic E-state index is 11.1. The largest absolute Gasteiger partial charge is 0.301 e. The van der Waals surface area contributed by atoms with Crippen molar-refractivity contribution in [1.82, 2.24) is 9.97 Å². The van der Waals surface area contributed by atoms with Gasteiger partial charge in [0, 0.05) is 16.0 Å². The summed E-state index contributed by atoms with van der Waals surface area (Å²) in [6.07, 6.45) is 1.77. The van der Waals surface area contributed by atoms with Crippen LogP contribution in [0.2, 0.25) is 0 Å². The number of pyridine rings is 2. The molecule has 0 spiro atoms. The fourth-order valence-corrected chi connectivity index (χ4v) is 4.00. The van der Waals surface area contributed by atoms with Crippen molar-refractivity contribution in [2.75, 3.05) is 0 Å². The zero-order valence-electron chi connectivity index (χ0n) is 11.8. The number of hydrogen-bond acceptors (Lipinski definition) is 5. The summed E-state index contributed by atoms with van der Waals surface area (Å²) < 4.78 is 20.2. The standard InChI is InChI=1S/C16H12N2O2S3/c19-23(20)16-9-4-8-15(18-16)22-13-6-3-5-12(11-13)21-14-7-1-2-10-17-14/h1-11H,(H,19,20). The highest BCUT2D eigenvalue weighted by molar-refractivity contribution is 8.00. The van der Waals surface area contributed by atoms with E-state index in [2.05, 4.69) is 9.97 Å². The molecule has 0 saturated heterocycles. The minimum atomic E-state index is -2.06. The summed E-state index contributed by atoms with van der Waals surface area (Å²) in [5, 5.41) is 1.78. The topological polar surface area (TPSA) is 63.1 Å². The molecule has 1 N–H and O–H groups in total. The van der Waals surface area contributed by atoms with Crippen LogP contribution in [0, 0.1) is 0 Å². The van der Waals surface area contributed by atoms with Gasteiger partial charge in [0.15, 0.2) is 5.03 Å². The highest BCUT2D eigenvalue weighted by Crippen LogP contribution is 2.32. The first-order chi connectivity index (χ1) is 11.2. The Morgan fingerprint density at radius 2 is 1.57 bits per heavy atom. The molecule has 0 fully saturated rings. The average Bonchev–Trinajstić information content (AvgIpc) is 2.56. The molecule has 2 heterocycles. The minimum absolute atomic E-state index is 0.161. The van der Waals surface area contributed by atoms with Gasteiger partial charge in [-0.25, -0.2) is 14.2 Å². The minimum Gasteiger partial charge on any atom is -0.301 e. The Bertz CT molecular complexity index is 828. The molecule has 4 nitrogen and oxygen atoms in total. The second-order valence-corrected chi connectivity index (χ2v) is 7.51. The van der Waals surface area contributed by atoms with Crippen molar-refractivity contribution in [1.29, 1.82) is 0 Å². The average molecular weight is 360 g/mol. The summed E-state index contributed by atoms with van der Waals surface area (Å²) in [5.74, 6) is 0. The van der Waals surface area contributed by atoms with Gasteiger partial charge in [-0.2, -0.15) is 0 Å². The Morgan fingerprint density at radius 1 is 0.870 bits per heavy atom. The van der Waals surface area contributed by atoms with E-state index in [1.54, 1.807) is 24.0 Å². The van der Waals surface area contributed by atoms with Crippen molar-refractivity contribution in [3.05, 3.63) is 66.9 Å². The number of hydrogen-bond donors (Lipinski definition) is 1. The highest BCUT2D eigenvalue weighted by Gasteiger charge is 2.06. The summed E-state index contributed by atoms with van der Waals surface area (Å²) in [6.45, 7) is 0. The molecule has 0 saturated carbocycles. The molecular weight excluding hydrogens is 348 g/mol. The molecule has 0 aliphatic heterocycles. The molecule has 1 unspecified atom stereocenters. The third-order valence-electron chi connectivity index (χ3n) is 2.76. The second-order valence-electron chi connectivity index (χ2n) is 4.41. The smallest absolute Gasteiger partial charge is 0.205 e. The van der Waals surface area contributed by atoms with Gasteiger partial charge in [-0.15, -0.1) is 0 Å². The quantitative estimate of drug-likeness (QED) is 0.682. The Labute approximate surface area is 145 Å². The van der Waals surface area contributed by atoms with Crippen LogP contribution in [0.4, 0.5) is 0 Å². The van der Waals surface area contributed by atoms with Gasteiger partial charge in [0.05, 0.1) is 0 Å². The number of nitrogens with zero attached hydrogens (tertiary/aromatic N) is 2. The first kappa shape index (κ1) is 16.2. The Morgan fingerprint density at radius 3 is 2.26 bits per heavy atom. The van der Waals surface area contributed by atoms with Crippen molar-refractivity contribution in [2.45, 2.75) is 24.9 Å². The molecule has 1 atom stereocenters. The zero-order chi connectivity index (χ0) is 16.1. The molecule has 3 aromatic rings. The van der Waals surface area contributed by atoms with Crippen molar-refractivity contribution < 1.29 is 8.76 Å². The molecule has 0 bridgehead atoms. The summed E-state index contributed by atoms with van der Waals surface area (Å²) >= 11 is 0.975. The van der Waals surface area contributed by atoms with E-state index in [-0.39, 0.29) is 5.03 Å². The van der Waals surface area contributed by atoms with Crippen LogP contribution >= 0.6 is 23.5 Å². The van der Waals surface area contributed by atoms with E-state index in [1.807, 2.05) is 48.5 Å². The van der Waals surface area contributed by atoms with Crippen LogP contribution in [-0.2, 0) is 11.1 Å². The Hall–Kier alpha value is -1.67. The summed E-state index contributed by atoms with van der Waals surface area (Å²) in [5.41, 5.74) is 0. The monoisotopic (exact) mass is 360 g/mol. The van der Waals surface area contributed by atoms with Gasteiger partial charge in [-0.3, -0.25) is 0 Å². The molecule has 3 rings (SSSR count). The fraction of sp³-hybridized carbons (Fsp3) is 0. The van der Waals surface area contributed by atoms with E-state index >= 15 is 0 Å². The second kappa shape index (κ2) is 7.74. The van der Waals surface area contributed by atoms with E-state index in [0.717, 1.165) is 14.8 Å². The van der Waals surface area contributed by atoms with Crippen molar-refractivity contribution >= 4 is 34.6 Å². The maximum absolute atomic E-state index is 11.1. The van der Waals surface area contributed by atoms with E-state index in [1.165, 1.54) is 17.8 Å². The molecule has 7 heteroatoms. The van der Waals surface area contributed by atoms with Crippen LogP contribution in [-0.4, -0.2) is 18.7 Å². The van der Waals surface area contributed by atoms with Crippen LogP contribution in [0.15, 0.2) is 91.7 Å². The molecule has 116 valence electrons. The van der Waals surface area contributed by atoms with Crippen LogP contribution in [0.3, 0.4) is 0 Å². The molecule has 0 aliphatic rings. The molecular formula is C16H12N2O2S3. The van der Waals surface area contributed by atoms with Crippen LogP contribution in [0.5, 0.6) is 0 Å². The van der Waals surface area contributed by atoms with Crippen molar-refractivity contribution in [2.24, 2.45) is 0 Å². The SMILES string of the molecule is O=S(O)c1cccc(Sc2cccc(Sc3ccccn3)c2)n1. The number of rotatable bonds is 5. The van der Waals surface area contributed by atoms with E-state index in [0.29, 0.717) is 5.03 Å². The lowest BCUT2D eigenvalue weighted by molar-refractivity contribution is 0.559. The summed E-state index contributed by atoms with van der Waals surface area (Å²) in [4.78, 5) is 10.6. The van der Waals surface area contributed by atoms with Crippen molar-refractivity contribution in [3.63, 3.8) is 0 Å². The Kier molecular flexibility index (Phi) is 5.45. The van der Waals surface area contributed by atoms with Gasteiger partial charge in [-0.05, 0) is 42.5 Å². The zero-order valence-corrected chi connectivity index (χ0v) is 14.3. The lowest BCUT2D eigenvalue weighted by Crippen LogP contribution is -1.93. The van der Waals surface area contributed by atoms with E-state index in [9.17, 15) is 4.21 Å². The van der Waals surface area contributed by atoms with Crippen molar-refractivity contribution in [3.8, 4) is 0 Å². The molecule has 1 aromatic carbocycles. The molecule has 23 heavy (non-hydrogen) atoms. The van der Waals surface area contributed by atoms with Gasteiger partial charge in [0.25, 0.3) is 0 Å². The summed E-state index contributed by atoms with van der Waals surface area (Å²) in [6, 6.07) is 18.9. The maximum Gasteiger partial charge on any atom is 0.205 e. The lowest BCUT2D eigenvalue weighted by atomic mass is 10.4. The first-order valence-corrected chi connectivity index (χ1v) is 9.39. The lowest BCUT2D eigenvalue weighted by Gasteiger charge is -2.05. The highest BCUT2D eigenvalue weighted by atomic mass is 32.2. The third-order valence-corrected chi connectivity index (χ3v) is 5.22. The van der Waals surface area contributed by atoms with Crippen LogP contribution in [0.25, 0.3) is 0 Å². The third kappa shape index (κ3) is 4.65. The molecule has 0 amide bonds. The molecule has 0 radical (unpaired) electrons. The number of benzene rings is 1. The normalized spacial score (nSPS) is 12.0. The van der Waals surface area contributed by atoms with E-state index in [4.69, 9.17) is 4.55 Å². The predicted molar refractivity (Wildman–Crippen MR) is 92.2 cm³/mol. The predicted octanol–water partition coefficient (Wildman–Crippen LogP) is 4.36. The van der Waals surface area contributed by atoms with Gasteiger partial charge in [0.2, 0.25) is 11.1 Å². The fourth-order valence-electron chi connectivity index (χ4n) is 1.80. The van der Waals surface area contributed by atoms with Crippen LogP contribution in [0.1, 0.15) is 0 Å². The number of aromatic nitrogens is 2. The molecule has 2 aromatic heterocycles. The van der Waals surface area contributed by atoms with Gasteiger partial charge < -0.3 is 4.55 Å². The Balaban J connectivity index is 1.77. The van der Waals surface area contributed by atoms with Gasteiger partial charge in [-0.1, -0.05) is 41.7 Å². The molecule has 0 aliphatic carbocycles. The first-order valence-electron chi connectivity index (χ1n) is 6.65.